The van der Waals surface area contributed by atoms with E-state index in [4.69, 9.17) is 4.74 Å². The monoisotopic (exact) mass is 209 g/mol. The molecule has 1 aromatic carbocycles. The molecule has 1 aromatic rings. The van der Waals surface area contributed by atoms with Gasteiger partial charge in [0.15, 0.2) is 0 Å². The maximum absolute atomic E-state index is 13.6. The zero-order chi connectivity index (χ0) is 10.7. The first kappa shape index (κ1) is 10.4. The molecule has 2 atom stereocenters. The molecule has 1 aliphatic rings. The molecule has 1 heterocycles. The highest BCUT2D eigenvalue weighted by Gasteiger charge is 2.25. The van der Waals surface area contributed by atoms with Crippen LogP contribution in [0.15, 0.2) is 24.3 Å². The van der Waals surface area contributed by atoms with Crippen LogP contribution in [-0.2, 0) is 0 Å². The van der Waals surface area contributed by atoms with E-state index in [9.17, 15) is 4.39 Å². The van der Waals surface area contributed by atoms with Gasteiger partial charge in [0.2, 0.25) is 0 Å². The van der Waals surface area contributed by atoms with E-state index in [0.717, 1.165) is 24.3 Å². The van der Waals surface area contributed by atoms with Gasteiger partial charge in [-0.25, -0.2) is 4.39 Å². The molecule has 2 nitrogen and oxygen atoms in total. The second-order valence-corrected chi connectivity index (χ2v) is 3.89. The normalized spacial score (nSPS) is 26.3. The standard InChI is InChI=1S/C12H16FNO/c1-15-10-4-2-9(3-5-10)11-6-7-14-8-12(11)13/h2-5,11-12,14H,6-8H2,1H3/t11-,12+/m1/s1. The van der Waals surface area contributed by atoms with Crippen LogP contribution in [0.4, 0.5) is 4.39 Å². The minimum atomic E-state index is -0.771. The van der Waals surface area contributed by atoms with Gasteiger partial charge in [0.1, 0.15) is 11.9 Å². The Balaban J connectivity index is 2.13. The Morgan fingerprint density at radius 2 is 2.07 bits per heavy atom. The lowest BCUT2D eigenvalue weighted by Crippen LogP contribution is -2.36. The van der Waals surface area contributed by atoms with Crippen LogP contribution in [0.1, 0.15) is 17.9 Å². The number of rotatable bonds is 2. The predicted molar refractivity (Wildman–Crippen MR) is 58.1 cm³/mol. The van der Waals surface area contributed by atoms with Crippen LogP contribution in [0.3, 0.4) is 0 Å². The van der Waals surface area contributed by atoms with Gasteiger partial charge in [-0.1, -0.05) is 12.1 Å². The second-order valence-electron chi connectivity index (χ2n) is 3.89. The second kappa shape index (κ2) is 4.62. The minimum Gasteiger partial charge on any atom is -0.497 e. The van der Waals surface area contributed by atoms with Gasteiger partial charge < -0.3 is 10.1 Å². The van der Waals surface area contributed by atoms with Crippen molar-refractivity contribution in [2.24, 2.45) is 0 Å². The van der Waals surface area contributed by atoms with E-state index >= 15 is 0 Å². The number of nitrogens with one attached hydrogen (secondary N) is 1. The van der Waals surface area contributed by atoms with Crippen molar-refractivity contribution in [2.45, 2.75) is 18.5 Å². The summed E-state index contributed by atoms with van der Waals surface area (Å²) in [4.78, 5) is 0. The third kappa shape index (κ3) is 2.29. The van der Waals surface area contributed by atoms with E-state index in [1.54, 1.807) is 7.11 Å². The Morgan fingerprint density at radius 1 is 1.33 bits per heavy atom. The summed E-state index contributed by atoms with van der Waals surface area (Å²) >= 11 is 0. The van der Waals surface area contributed by atoms with Crippen LogP contribution in [0.25, 0.3) is 0 Å². The molecule has 0 unspecified atom stereocenters. The predicted octanol–water partition coefficient (Wildman–Crippen LogP) is 2.11. The number of alkyl halides is 1. The molecule has 0 bridgehead atoms. The van der Waals surface area contributed by atoms with Crippen LogP contribution >= 0.6 is 0 Å². The van der Waals surface area contributed by atoms with Gasteiger partial charge in [-0.2, -0.15) is 0 Å². The number of hydrogen-bond acceptors (Lipinski definition) is 2. The lowest BCUT2D eigenvalue weighted by molar-refractivity contribution is 0.231. The van der Waals surface area contributed by atoms with Crippen molar-refractivity contribution >= 4 is 0 Å². The SMILES string of the molecule is COc1ccc([C@H]2CCNC[C@@H]2F)cc1. The first-order valence-corrected chi connectivity index (χ1v) is 5.30. The molecule has 0 saturated carbocycles. The zero-order valence-corrected chi connectivity index (χ0v) is 8.87. The molecular weight excluding hydrogens is 193 g/mol. The summed E-state index contributed by atoms with van der Waals surface area (Å²) in [6.45, 7) is 1.37. The van der Waals surface area contributed by atoms with Crippen molar-refractivity contribution in [3.63, 3.8) is 0 Å². The maximum atomic E-state index is 13.6. The molecule has 1 fully saturated rings. The highest BCUT2D eigenvalue weighted by Crippen LogP contribution is 2.28. The first-order chi connectivity index (χ1) is 7.31. The van der Waals surface area contributed by atoms with Gasteiger partial charge >= 0.3 is 0 Å². The molecule has 1 aliphatic heterocycles. The van der Waals surface area contributed by atoms with Crippen LogP contribution < -0.4 is 10.1 Å². The fraction of sp³-hybridized carbons (Fsp3) is 0.500. The van der Waals surface area contributed by atoms with Gasteiger partial charge in [-0.05, 0) is 30.7 Å². The van der Waals surface area contributed by atoms with E-state index in [0.29, 0.717) is 6.54 Å². The molecular formula is C12H16FNO. The third-order valence-corrected chi connectivity index (χ3v) is 2.95. The molecule has 0 spiro atoms. The van der Waals surface area contributed by atoms with Gasteiger partial charge in [0, 0.05) is 12.5 Å². The number of ether oxygens (including phenoxy) is 1. The molecule has 82 valence electrons. The third-order valence-electron chi connectivity index (χ3n) is 2.95. The Labute approximate surface area is 89.4 Å². The summed E-state index contributed by atoms with van der Waals surface area (Å²) in [5.41, 5.74) is 1.07. The Hall–Kier alpha value is -1.09. The highest BCUT2D eigenvalue weighted by atomic mass is 19.1. The zero-order valence-electron chi connectivity index (χ0n) is 8.87. The van der Waals surface area contributed by atoms with Gasteiger partial charge in [0.05, 0.1) is 7.11 Å². The van der Waals surface area contributed by atoms with Crippen molar-refractivity contribution < 1.29 is 9.13 Å². The van der Waals surface area contributed by atoms with Gasteiger partial charge in [-0.3, -0.25) is 0 Å². The number of benzene rings is 1. The summed E-state index contributed by atoms with van der Waals surface area (Å²) in [5.74, 6) is 0.861. The van der Waals surface area contributed by atoms with Crippen LogP contribution in [0, 0.1) is 0 Å². The maximum Gasteiger partial charge on any atom is 0.119 e. The van der Waals surface area contributed by atoms with E-state index in [1.807, 2.05) is 24.3 Å². The van der Waals surface area contributed by atoms with Crippen LogP contribution in [-0.4, -0.2) is 26.4 Å². The van der Waals surface area contributed by atoms with E-state index < -0.39 is 6.17 Å². The summed E-state index contributed by atoms with van der Waals surface area (Å²) in [7, 11) is 1.64. The number of hydrogen-bond donors (Lipinski definition) is 1. The van der Waals surface area contributed by atoms with E-state index in [-0.39, 0.29) is 5.92 Å². The number of halogens is 1. The summed E-state index contributed by atoms with van der Waals surface area (Å²) in [5, 5.41) is 3.06. The largest absolute Gasteiger partial charge is 0.497 e. The molecule has 0 radical (unpaired) electrons. The van der Waals surface area contributed by atoms with Crippen LogP contribution in [0.5, 0.6) is 5.75 Å². The van der Waals surface area contributed by atoms with Gasteiger partial charge in [0.25, 0.3) is 0 Å². The molecule has 1 saturated heterocycles. The first-order valence-electron chi connectivity index (χ1n) is 5.30. The number of piperidine rings is 1. The lowest BCUT2D eigenvalue weighted by atomic mass is 9.89. The molecule has 2 rings (SSSR count). The van der Waals surface area contributed by atoms with Crippen molar-refractivity contribution in [3.8, 4) is 5.75 Å². The van der Waals surface area contributed by atoms with Crippen LogP contribution in [0.2, 0.25) is 0 Å². The van der Waals surface area contributed by atoms with E-state index in [2.05, 4.69) is 5.32 Å². The molecule has 0 aromatic heterocycles. The number of methoxy groups -OCH3 is 1. The van der Waals surface area contributed by atoms with Crippen molar-refractivity contribution in [1.82, 2.24) is 5.32 Å². The Morgan fingerprint density at radius 3 is 2.67 bits per heavy atom. The average Bonchev–Trinajstić information content (AvgIpc) is 2.30. The molecule has 1 N–H and O–H groups in total. The van der Waals surface area contributed by atoms with Crippen molar-refractivity contribution in [3.05, 3.63) is 29.8 Å². The molecule has 0 amide bonds. The van der Waals surface area contributed by atoms with E-state index in [1.165, 1.54) is 0 Å². The van der Waals surface area contributed by atoms with Gasteiger partial charge in [-0.15, -0.1) is 0 Å². The molecule has 0 aliphatic carbocycles. The smallest absolute Gasteiger partial charge is 0.119 e. The fourth-order valence-corrected chi connectivity index (χ4v) is 2.05. The lowest BCUT2D eigenvalue weighted by Gasteiger charge is -2.27. The summed E-state index contributed by atoms with van der Waals surface area (Å²) in [6.07, 6.45) is 0.0974. The minimum absolute atomic E-state index is 0.0390. The van der Waals surface area contributed by atoms with Crippen molar-refractivity contribution in [2.75, 3.05) is 20.2 Å². The Bertz CT molecular complexity index is 312. The molecule has 15 heavy (non-hydrogen) atoms. The average molecular weight is 209 g/mol. The summed E-state index contributed by atoms with van der Waals surface area (Å²) in [6, 6.07) is 7.71. The Kier molecular flexibility index (Phi) is 3.21. The van der Waals surface area contributed by atoms with Crippen molar-refractivity contribution in [1.29, 1.82) is 0 Å². The topological polar surface area (TPSA) is 21.3 Å². The molecule has 3 heteroatoms. The summed E-state index contributed by atoms with van der Waals surface area (Å²) < 4.78 is 18.7. The quantitative estimate of drug-likeness (QED) is 0.805. The highest BCUT2D eigenvalue weighted by molar-refractivity contribution is 5.30. The fourth-order valence-electron chi connectivity index (χ4n) is 2.05.